The summed E-state index contributed by atoms with van der Waals surface area (Å²) in [5, 5.41) is 9.43. The zero-order valence-corrected chi connectivity index (χ0v) is 22.7. The molecule has 0 bridgehead atoms. The van der Waals surface area contributed by atoms with Crippen LogP contribution in [0.4, 0.5) is 5.82 Å². The zero-order chi connectivity index (χ0) is 27.8. The monoisotopic (exact) mass is 541 g/mol. The largest absolute Gasteiger partial charge is 0.491 e. The van der Waals surface area contributed by atoms with Crippen LogP contribution in [0.25, 0.3) is 22.3 Å². The van der Waals surface area contributed by atoms with Gasteiger partial charge in [0.05, 0.1) is 35.0 Å². The molecule has 1 fully saturated rings. The predicted octanol–water partition coefficient (Wildman–Crippen LogP) is 3.55. The first kappa shape index (κ1) is 25.9. The first-order valence-corrected chi connectivity index (χ1v) is 13.5. The second kappa shape index (κ2) is 10.7. The summed E-state index contributed by atoms with van der Waals surface area (Å²) < 4.78 is 5.87. The Morgan fingerprint density at radius 3 is 2.52 bits per heavy atom. The van der Waals surface area contributed by atoms with Crippen LogP contribution >= 0.6 is 0 Å². The van der Waals surface area contributed by atoms with E-state index in [0.717, 1.165) is 58.6 Å². The summed E-state index contributed by atoms with van der Waals surface area (Å²) in [5.74, 6) is 0.804. The molecule has 0 aliphatic carbocycles. The van der Waals surface area contributed by atoms with Crippen molar-refractivity contribution >= 4 is 28.5 Å². The summed E-state index contributed by atoms with van der Waals surface area (Å²) in [5.41, 5.74) is 3.17. The number of nitrogens with one attached hydrogen (secondary N) is 1. The fraction of sp³-hybridized carbons (Fsp3) is 0.345. The topological polar surface area (TPSA) is 117 Å². The summed E-state index contributed by atoms with van der Waals surface area (Å²) in [4.78, 5) is 44.3. The Balaban J connectivity index is 1.09. The number of rotatable bonds is 8. The molecule has 206 valence electrons. The highest BCUT2D eigenvalue weighted by atomic mass is 16.7. The zero-order valence-electron chi connectivity index (χ0n) is 22.7. The number of aromatic amines is 1. The average Bonchev–Trinajstić information content (AvgIpc) is 3.48. The molecule has 0 spiro atoms. The van der Waals surface area contributed by atoms with Crippen LogP contribution in [0.5, 0.6) is 5.75 Å². The molecule has 11 heteroatoms. The van der Waals surface area contributed by atoms with Gasteiger partial charge in [-0.05, 0) is 51.1 Å². The maximum atomic E-state index is 12.5. The van der Waals surface area contributed by atoms with Crippen LogP contribution in [0.1, 0.15) is 41.5 Å². The quantitative estimate of drug-likeness (QED) is 0.334. The summed E-state index contributed by atoms with van der Waals surface area (Å²) in [6.45, 7) is 9.29. The number of hydroxylamine groups is 2. The lowest BCUT2D eigenvalue weighted by Gasteiger charge is -2.40. The molecule has 0 radical (unpaired) electrons. The molecule has 4 aromatic rings. The number of carbonyl (C=O) groups excluding carboxylic acids is 2. The second-order valence-electron chi connectivity index (χ2n) is 10.3. The van der Waals surface area contributed by atoms with Gasteiger partial charge in [-0.15, -0.1) is 5.06 Å². The SMILES string of the molecule is CC(C)Oc1ccc2[nH]nc(-c3cc(N4CCN(CCON5C(=O)c6ccccc6C5=O)[C@@H](C)C4)ncn3)c2c1. The molecule has 2 aliphatic rings. The van der Waals surface area contributed by atoms with Crippen molar-refractivity contribution in [3.8, 4) is 17.1 Å². The molecule has 6 rings (SSSR count). The lowest BCUT2D eigenvalue weighted by molar-refractivity contribution is -0.0973. The predicted molar refractivity (Wildman–Crippen MR) is 149 cm³/mol. The Hall–Kier alpha value is -4.35. The van der Waals surface area contributed by atoms with Crippen LogP contribution in [0, 0.1) is 0 Å². The number of hydrogen-bond acceptors (Lipinski definition) is 9. The van der Waals surface area contributed by atoms with E-state index in [0.29, 0.717) is 17.7 Å². The Morgan fingerprint density at radius 1 is 1.02 bits per heavy atom. The van der Waals surface area contributed by atoms with Crippen LogP contribution in [0.3, 0.4) is 0 Å². The van der Waals surface area contributed by atoms with E-state index < -0.39 is 11.8 Å². The molecule has 4 heterocycles. The molecule has 1 saturated heterocycles. The van der Waals surface area contributed by atoms with Gasteiger partial charge in [-0.1, -0.05) is 12.1 Å². The van der Waals surface area contributed by atoms with E-state index in [1.54, 1.807) is 30.6 Å². The van der Waals surface area contributed by atoms with E-state index in [1.165, 1.54) is 0 Å². The van der Waals surface area contributed by atoms with Crippen LogP contribution < -0.4 is 9.64 Å². The van der Waals surface area contributed by atoms with Crippen molar-refractivity contribution in [3.63, 3.8) is 0 Å². The molecule has 0 saturated carbocycles. The van der Waals surface area contributed by atoms with Crippen molar-refractivity contribution in [2.24, 2.45) is 0 Å². The molecule has 0 unspecified atom stereocenters. The number of imide groups is 1. The number of ether oxygens (including phenoxy) is 1. The van der Waals surface area contributed by atoms with Gasteiger partial charge in [-0.2, -0.15) is 5.10 Å². The van der Waals surface area contributed by atoms with E-state index in [4.69, 9.17) is 9.57 Å². The third kappa shape index (κ3) is 4.89. The van der Waals surface area contributed by atoms with Crippen LogP contribution in [0.2, 0.25) is 0 Å². The van der Waals surface area contributed by atoms with Gasteiger partial charge in [0.2, 0.25) is 0 Å². The molecule has 2 aromatic carbocycles. The third-order valence-corrected chi connectivity index (χ3v) is 7.25. The van der Waals surface area contributed by atoms with Crippen molar-refractivity contribution < 1.29 is 19.2 Å². The smallest absolute Gasteiger partial charge is 0.285 e. The van der Waals surface area contributed by atoms with Crippen molar-refractivity contribution in [2.45, 2.75) is 32.9 Å². The minimum atomic E-state index is -0.411. The Morgan fingerprint density at radius 2 is 1.80 bits per heavy atom. The van der Waals surface area contributed by atoms with Gasteiger partial charge < -0.3 is 9.64 Å². The number of carbonyl (C=O) groups is 2. The highest BCUT2D eigenvalue weighted by Gasteiger charge is 2.36. The Kier molecular flexibility index (Phi) is 6.91. The van der Waals surface area contributed by atoms with Gasteiger partial charge in [-0.25, -0.2) is 9.97 Å². The van der Waals surface area contributed by atoms with Crippen LogP contribution in [-0.4, -0.2) is 86.9 Å². The first-order valence-electron chi connectivity index (χ1n) is 13.5. The summed E-state index contributed by atoms with van der Waals surface area (Å²) in [7, 11) is 0. The van der Waals surface area contributed by atoms with Gasteiger partial charge in [0.15, 0.2) is 0 Å². The van der Waals surface area contributed by atoms with Gasteiger partial charge >= 0.3 is 0 Å². The summed E-state index contributed by atoms with van der Waals surface area (Å²) in [6.07, 6.45) is 1.65. The van der Waals surface area contributed by atoms with Crippen LogP contribution in [0.15, 0.2) is 54.9 Å². The fourth-order valence-corrected chi connectivity index (χ4v) is 5.25. The minimum Gasteiger partial charge on any atom is -0.491 e. The molecule has 2 aliphatic heterocycles. The molecule has 1 atom stereocenters. The van der Waals surface area contributed by atoms with Gasteiger partial charge in [0, 0.05) is 43.7 Å². The van der Waals surface area contributed by atoms with Gasteiger partial charge in [0.25, 0.3) is 11.8 Å². The van der Waals surface area contributed by atoms with Gasteiger partial charge in [-0.3, -0.25) is 24.4 Å². The van der Waals surface area contributed by atoms with Crippen LogP contribution in [-0.2, 0) is 4.84 Å². The number of H-pyrrole nitrogens is 1. The van der Waals surface area contributed by atoms with Crippen molar-refractivity contribution in [1.29, 1.82) is 0 Å². The van der Waals surface area contributed by atoms with Crippen molar-refractivity contribution in [3.05, 3.63) is 66.0 Å². The molecule has 1 N–H and O–H groups in total. The molecule has 2 aromatic heterocycles. The number of aromatic nitrogens is 4. The first-order chi connectivity index (χ1) is 19.4. The molecular weight excluding hydrogens is 510 g/mol. The number of anilines is 1. The number of nitrogens with zero attached hydrogens (tertiary/aromatic N) is 6. The minimum absolute atomic E-state index is 0.0769. The Labute approximate surface area is 231 Å². The standard InChI is InChI=1S/C29H31N7O4/c1-18(2)40-20-8-9-24-23(14-20)27(33-32-24)25-15-26(31-17-30-25)35-11-10-34(19(3)16-35)12-13-39-36-28(37)21-6-4-5-7-22(21)29(36)38/h4-9,14-15,17-19H,10-13,16H2,1-3H3,(H,32,33)/t19-/m0/s1. The molecular formula is C29H31N7O4. The fourth-order valence-electron chi connectivity index (χ4n) is 5.25. The highest BCUT2D eigenvalue weighted by molar-refractivity contribution is 6.20. The Bertz CT molecular complexity index is 1530. The maximum absolute atomic E-state index is 12.5. The number of amides is 2. The second-order valence-corrected chi connectivity index (χ2v) is 10.3. The summed E-state index contributed by atoms with van der Waals surface area (Å²) in [6, 6.07) is 14.8. The van der Waals surface area contributed by atoms with E-state index >= 15 is 0 Å². The van der Waals surface area contributed by atoms with E-state index in [2.05, 4.69) is 36.9 Å². The number of hydrogen-bond donors (Lipinski definition) is 1. The third-order valence-electron chi connectivity index (χ3n) is 7.25. The maximum Gasteiger partial charge on any atom is 0.285 e. The summed E-state index contributed by atoms with van der Waals surface area (Å²) >= 11 is 0. The van der Waals surface area contributed by atoms with Crippen molar-refractivity contribution in [1.82, 2.24) is 30.1 Å². The van der Waals surface area contributed by atoms with E-state index in [9.17, 15) is 9.59 Å². The lowest BCUT2D eigenvalue weighted by Crippen LogP contribution is -2.53. The highest BCUT2D eigenvalue weighted by Crippen LogP contribution is 2.30. The molecule has 2 amide bonds. The van der Waals surface area contributed by atoms with Crippen molar-refractivity contribution in [2.75, 3.05) is 37.7 Å². The number of piperazine rings is 1. The normalized spacial score (nSPS) is 17.8. The molecule has 11 nitrogen and oxygen atoms in total. The number of benzene rings is 2. The van der Waals surface area contributed by atoms with Gasteiger partial charge in [0.1, 0.15) is 23.6 Å². The van der Waals surface area contributed by atoms with E-state index in [1.807, 2.05) is 38.1 Å². The number of fused-ring (bicyclic) bond motifs is 2. The molecule has 40 heavy (non-hydrogen) atoms. The van der Waals surface area contributed by atoms with E-state index in [-0.39, 0.29) is 18.8 Å². The lowest BCUT2D eigenvalue weighted by atomic mass is 10.1. The average molecular weight is 542 g/mol.